The van der Waals surface area contributed by atoms with Gasteiger partial charge in [0.25, 0.3) is 5.91 Å². The van der Waals surface area contributed by atoms with Crippen LogP contribution in [0, 0.1) is 5.82 Å². The number of rotatable bonds is 8. The summed E-state index contributed by atoms with van der Waals surface area (Å²) in [4.78, 5) is 17.2. The highest BCUT2D eigenvalue weighted by Crippen LogP contribution is 2.25. The fraction of sp³-hybridized carbons (Fsp3) is 0.368. The number of aliphatic hydroxyl groups is 1. The summed E-state index contributed by atoms with van der Waals surface area (Å²) < 4.78 is 13.6. The van der Waals surface area contributed by atoms with E-state index in [1.54, 1.807) is 13.0 Å². The van der Waals surface area contributed by atoms with Gasteiger partial charge in [0.05, 0.1) is 12.1 Å². The molecule has 1 unspecified atom stereocenters. The molecule has 4 N–H and O–H groups in total. The molecule has 0 saturated heterocycles. The first-order valence-electron chi connectivity index (χ1n) is 8.75. The van der Waals surface area contributed by atoms with Crippen molar-refractivity contribution in [1.82, 2.24) is 16.0 Å². The van der Waals surface area contributed by atoms with E-state index < -0.39 is 17.3 Å². The van der Waals surface area contributed by atoms with E-state index in [-0.39, 0.29) is 12.1 Å². The lowest BCUT2D eigenvalue weighted by atomic mass is 10.1. The van der Waals surface area contributed by atoms with Crippen LogP contribution in [0.5, 0.6) is 0 Å². The predicted octanol–water partition coefficient (Wildman–Crippen LogP) is 2.08. The van der Waals surface area contributed by atoms with Gasteiger partial charge in [-0.05, 0) is 37.4 Å². The Morgan fingerprint density at radius 1 is 1.19 bits per heavy atom. The van der Waals surface area contributed by atoms with Crippen molar-refractivity contribution in [2.75, 3.05) is 26.2 Å². The quantitative estimate of drug-likeness (QED) is 0.315. The number of benzene rings is 1. The van der Waals surface area contributed by atoms with Gasteiger partial charge in [-0.2, -0.15) is 0 Å². The zero-order valence-corrected chi connectivity index (χ0v) is 16.3. The average Bonchev–Trinajstić information content (AvgIpc) is 3.19. The number of carbonyl (C=O) groups is 1. The summed E-state index contributed by atoms with van der Waals surface area (Å²) in [6.45, 7) is 5.24. The smallest absolute Gasteiger partial charge is 0.254 e. The van der Waals surface area contributed by atoms with Crippen molar-refractivity contribution in [3.63, 3.8) is 0 Å². The molecule has 0 spiro atoms. The normalized spacial score (nSPS) is 13.7. The molecule has 27 heavy (non-hydrogen) atoms. The van der Waals surface area contributed by atoms with Gasteiger partial charge in [-0.3, -0.25) is 4.79 Å². The number of nitrogens with one attached hydrogen (secondary N) is 3. The topological polar surface area (TPSA) is 85.8 Å². The number of hydrogen-bond acceptors (Lipinski definition) is 4. The van der Waals surface area contributed by atoms with E-state index >= 15 is 0 Å². The van der Waals surface area contributed by atoms with E-state index in [1.165, 1.54) is 29.5 Å². The lowest BCUT2D eigenvalue weighted by Gasteiger charge is -2.20. The van der Waals surface area contributed by atoms with Gasteiger partial charge in [0, 0.05) is 24.5 Å². The number of halogens is 1. The molecule has 0 saturated carbocycles. The van der Waals surface area contributed by atoms with Gasteiger partial charge in [-0.15, -0.1) is 11.3 Å². The molecule has 0 bridgehead atoms. The molecular formula is C19H25FN4O2S. The van der Waals surface area contributed by atoms with Crippen LogP contribution in [0.25, 0.3) is 0 Å². The Morgan fingerprint density at radius 2 is 1.93 bits per heavy atom. The summed E-state index contributed by atoms with van der Waals surface area (Å²) in [6.07, 6.45) is 0. The minimum absolute atomic E-state index is 0.0186. The minimum atomic E-state index is -1.05. The van der Waals surface area contributed by atoms with Crippen molar-refractivity contribution < 1.29 is 14.3 Å². The molecule has 1 atom stereocenters. The molecule has 1 amide bonds. The largest absolute Gasteiger partial charge is 0.383 e. The van der Waals surface area contributed by atoms with Crippen molar-refractivity contribution in [3.05, 3.63) is 58.0 Å². The van der Waals surface area contributed by atoms with Crippen LogP contribution in [0.3, 0.4) is 0 Å². The van der Waals surface area contributed by atoms with Crippen LogP contribution in [0.15, 0.2) is 46.8 Å². The third-order valence-electron chi connectivity index (χ3n) is 3.76. The maximum atomic E-state index is 13.6. The molecule has 0 fully saturated rings. The molecule has 0 aliphatic carbocycles. The maximum Gasteiger partial charge on any atom is 0.254 e. The van der Waals surface area contributed by atoms with Crippen molar-refractivity contribution in [2.24, 2.45) is 4.99 Å². The number of hydrogen-bond donors (Lipinski definition) is 4. The molecule has 8 heteroatoms. The van der Waals surface area contributed by atoms with E-state index in [0.717, 1.165) is 4.88 Å². The van der Waals surface area contributed by atoms with Gasteiger partial charge in [0.2, 0.25) is 0 Å². The number of aliphatic imine (C=N–C) groups is 1. The maximum absolute atomic E-state index is 13.6. The molecule has 0 aliphatic heterocycles. The van der Waals surface area contributed by atoms with E-state index in [9.17, 15) is 14.3 Å². The summed E-state index contributed by atoms with van der Waals surface area (Å²) in [5, 5.41) is 21.3. The van der Waals surface area contributed by atoms with Crippen molar-refractivity contribution in [3.8, 4) is 0 Å². The van der Waals surface area contributed by atoms with Gasteiger partial charge in [-0.1, -0.05) is 18.2 Å². The molecule has 0 aliphatic rings. The molecule has 1 aromatic heterocycles. The molecule has 0 radical (unpaired) electrons. The second-order valence-electron chi connectivity index (χ2n) is 6.11. The zero-order chi connectivity index (χ0) is 19.7. The highest BCUT2D eigenvalue weighted by atomic mass is 32.1. The van der Waals surface area contributed by atoms with E-state index in [2.05, 4.69) is 20.9 Å². The summed E-state index contributed by atoms with van der Waals surface area (Å²) in [7, 11) is 0. The Hall–Kier alpha value is -2.45. The van der Waals surface area contributed by atoms with Gasteiger partial charge >= 0.3 is 0 Å². The van der Waals surface area contributed by atoms with Crippen LogP contribution < -0.4 is 16.0 Å². The fourth-order valence-electron chi connectivity index (χ4n) is 2.34. The zero-order valence-electron chi connectivity index (χ0n) is 15.5. The predicted molar refractivity (Wildman–Crippen MR) is 107 cm³/mol. The van der Waals surface area contributed by atoms with E-state index in [4.69, 9.17) is 0 Å². The second kappa shape index (κ2) is 10.0. The Kier molecular flexibility index (Phi) is 7.75. The summed E-state index contributed by atoms with van der Waals surface area (Å²) in [5.41, 5.74) is -1.03. The Bertz CT molecular complexity index is 763. The van der Waals surface area contributed by atoms with Crippen molar-refractivity contribution in [1.29, 1.82) is 0 Å². The summed E-state index contributed by atoms with van der Waals surface area (Å²) >= 11 is 1.48. The minimum Gasteiger partial charge on any atom is -0.383 e. The number of thiophene rings is 1. The van der Waals surface area contributed by atoms with Gasteiger partial charge in [0.1, 0.15) is 11.4 Å². The summed E-state index contributed by atoms with van der Waals surface area (Å²) in [6, 6.07) is 9.61. The number of nitrogens with zero attached hydrogens (tertiary/aromatic N) is 1. The van der Waals surface area contributed by atoms with Crippen LogP contribution in [-0.4, -0.2) is 43.2 Å². The van der Waals surface area contributed by atoms with E-state index in [1.807, 2.05) is 24.4 Å². The summed E-state index contributed by atoms with van der Waals surface area (Å²) in [5.74, 6) is -0.472. The molecule has 2 rings (SSSR count). The monoisotopic (exact) mass is 392 g/mol. The average molecular weight is 393 g/mol. The van der Waals surface area contributed by atoms with Crippen LogP contribution >= 0.6 is 11.3 Å². The highest BCUT2D eigenvalue weighted by Gasteiger charge is 2.24. The molecule has 1 aromatic carbocycles. The van der Waals surface area contributed by atoms with Crippen LogP contribution in [-0.2, 0) is 5.60 Å². The molecular weight excluding hydrogens is 367 g/mol. The highest BCUT2D eigenvalue weighted by molar-refractivity contribution is 7.10. The lowest BCUT2D eigenvalue weighted by molar-refractivity contribution is 0.0711. The van der Waals surface area contributed by atoms with Crippen molar-refractivity contribution in [2.45, 2.75) is 19.4 Å². The van der Waals surface area contributed by atoms with Gasteiger partial charge in [-0.25, -0.2) is 9.38 Å². The third kappa shape index (κ3) is 6.33. The van der Waals surface area contributed by atoms with Gasteiger partial charge in [0.15, 0.2) is 5.96 Å². The third-order valence-corrected chi connectivity index (χ3v) is 4.89. The van der Waals surface area contributed by atoms with Gasteiger partial charge < -0.3 is 21.1 Å². The van der Waals surface area contributed by atoms with Crippen LogP contribution in [0.4, 0.5) is 4.39 Å². The standard InChI is InChI=1S/C19H25FN4O2S/c1-3-21-18(24-13-19(2,26)16-9-6-12-27-16)23-11-10-22-17(25)14-7-4-5-8-15(14)20/h4-9,12,26H,3,10-11,13H2,1-2H3,(H,22,25)(H2,21,23,24). The molecule has 2 aromatic rings. The first-order valence-corrected chi connectivity index (χ1v) is 9.63. The SMILES string of the molecule is CCNC(=NCC(C)(O)c1cccs1)NCCNC(=O)c1ccccc1F. The molecule has 146 valence electrons. The van der Waals surface area contributed by atoms with Crippen LogP contribution in [0.1, 0.15) is 29.1 Å². The Balaban J connectivity index is 1.84. The fourth-order valence-corrected chi connectivity index (χ4v) is 3.11. The first kappa shape index (κ1) is 20.9. The Morgan fingerprint density at radius 3 is 2.59 bits per heavy atom. The van der Waals surface area contributed by atoms with Crippen molar-refractivity contribution >= 4 is 23.2 Å². The van der Waals surface area contributed by atoms with E-state index in [0.29, 0.717) is 25.6 Å². The molecule has 6 nitrogen and oxygen atoms in total. The number of guanidine groups is 1. The lowest BCUT2D eigenvalue weighted by Crippen LogP contribution is -2.42. The first-order chi connectivity index (χ1) is 12.9. The molecule has 1 heterocycles. The Labute approximate surface area is 162 Å². The number of amides is 1. The van der Waals surface area contributed by atoms with Crippen LogP contribution in [0.2, 0.25) is 0 Å². The number of carbonyl (C=O) groups excluding carboxylic acids is 1. The second-order valence-corrected chi connectivity index (χ2v) is 7.06.